The van der Waals surface area contributed by atoms with E-state index >= 15 is 0 Å². The lowest BCUT2D eigenvalue weighted by atomic mass is 9.93. The summed E-state index contributed by atoms with van der Waals surface area (Å²) in [5.41, 5.74) is 0.738. The molecule has 0 saturated carbocycles. The summed E-state index contributed by atoms with van der Waals surface area (Å²) in [5, 5.41) is 3.36. The SMILES string of the molecule is COC(=O)c1nc(C)cc(NC(C)C2CCOCC2)n1. The molecule has 0 radical (unpaired) electrons. The van der Waals surface area contributed by atoms with Crippen LogP contribution in [0.4, 0.5) is 5.82 Å². The molecule has 0 aliphatic carbocycles. The van der Waals surface area contributed by atoms with Gasteiger partial charge in [0, 0.05) is 31.0 Å². The van der Waals surface area contributed by atoms with Gasteiger partial charge < -0.3 is 14.8 Å². The first-order valence-corrected chi connectivity index (χ1v) is 6.88. The van der Waals surface area contributed by atoms with Crippen LogP contribution in [0.25, 0.3) is 0 Å². The van der Waals surface area contributed by atoms with Gasteiger partial charge in [0.25, 0.3) is 0 Å². The Morgan fingerprint density at radius 3 is 2.80 bits per heavy atom. The molecule has 1 aliphatic rings. The molecule has 0 amide bonds. The molecule has 0 aromatic carbocycles. The van der Waals surface area contributed by atoms with Crippen LogP contribution in [0.1, 0.15) is 36.1 Å². The summed E-state index contributed by atoms with van der Waals surface area (Å²) in [5.74, 6) is 0.794. The van der Waals surface area contributed by atoms with Crippen LogP contribution >= 0.6 is 0 Å². The number of methoxy groups -OCH3 is 1. The van der Waals surface area contributed by atoms with Gasteiger partial charge in [-0.3, -0.25) is 0 Å². The van der Waals surface area contributed by atoms with Crippen LogP contribution in [0.15, 0.2) is 6.07 Å². The molecule has 1 fully saturated rings. The van der Waals surface area contributed by atoms with E-state index in [1.165, 1.54) is 7.11 Å². The van der Waals surface area contributed by atoms with Gasteiger partial charge in [0.1, 0.15) is 5.82 Å². The number of hydrogen-bond acceptors (Lipinski definition) is 6. The van der Waals surface area contributed by atoms with Crippen molar-refractivity contribution < 1.29 is 14.3 Å². The number of carbonyl (C=O) groups is 1. The normalized spacial score (nSPS) is 17.6. The number of nitrogens with zero attached hydrogens (tertiary/aromatic N) is 2. The molecule has 0 spiro atoms. The maximum atomic E-state index is 11.5. The minimum absolute atomic E-state index is 0.0918. The number of aryl methyl sites for hydroxylation is 1. The lowest BCUT2D eigenvalue weighted by Crippen LogP contribution is -2.31. The molecule has 1 N–H and O–H groups in total. The third-order valence-electron chi connectivity index (χ3n) is 3.57. The van der Waals surface area contributed by atoms with E-state index in [2.05, 4.69) is 26.9 Å². The van der Waals surface area contributed by atoms with Crippen molar-refractivity contribution in [1.82, 2.24) is 9.97 Å². The summed E-state index contributed by atoms with van der Waals surface area (Å²) in [4.78, 5) is 19.8. The highest BCUT2D eigenvalue weighted by Gasteiger charge is 2.21. The average Bonchev–Trinajstić information content (AvgIpc) is 2.46. The molecule has 2 rings (SSSR count). The first-order chi connectivity index (χ1) is 9.60. The van der Waals surface area contributed by atoms with Crippen LogP contribution in [-0.4, -0.2) is 42.3 Å². The van der Waals surface area contributed by atoms with Crippen molar-refractivity contribution in [3.8, 4) is 0 Å². The molecule has 20 heavy (non-hydrogen) atoms. The van der Waals surface area contributed by atoms with Gasteiger partial charge in [-0.15, -0.1) is 0 Å². The predicted octanol–water partition coefficient (Wildman–Crippen LogP) is 1.80. The topological polar surface area (TPSA) is 73.3 Å². The van der Waals surface area contributed by atoms with Crippen LogP contribution in [0, 0.1) is 12.8 Å². The van der Waals surface area contributed by atoms with Crippen LogP contribution < -0.4 is 5.32 Å². The third kappa shape index (κ3) is 3.66. The summed E-state index contributed by atoms with van der Waals surface area (Å²) in [6, 6.07) is 2.11. The van der Waals surface area contributed by atoms with E-state index < -0.39 is 5.97 Å². The number of aromatic nitrogens is 2. The molecule has 110 valence electrons. The zero-order valence-corrected chi connectivity index (χ0v) is 12.2. The third-order valence-corrected chi connectivity index (χ3v) is 3.57. The largest absolute Gasteiger partial charge is 0.463 e. The van der Waals surface area contributed by atoms with Gasteiger partial charge in [0.2, 0.25) is 5.82 Å². The van der Waals surface area contributed by atoms with Gasteiger partial charge in [-0.25, -0.2) is 14.8 Å². The zero-order chi connectivity index (χ0) is 14.5. The van der Waals surface area contributed by atoms with Gasteiger partial charge in [-0.05, 0) is 32.6 Å². The van der Waals surface area contributed by atoms with E-state index in [4.69, 9.17) is 4.74 Å². The van der Waals surface area contributed by atoms with E-state index in [9.17, 15) is 4.79 Å². The molecular weight excluding hydrogens is 258 g/mol. The molecule has 1 atom stereocenters. The molecule has 1 aliphatic heterocycles. The lowest BCUT2D eigenvalue weighted by molar-refractivity contribution is 0.0586. The summed E-state index contributed by atoms with van der Waals surface area (Å²) in [6.07, 6.45) is 2.09. The highest BCUT2D eigenvalue weighted by molar-refractivity contribution is 5.85. The fourth-order valence-corrected chi connectivity index (χ4v) is 2.39. The van der Waals surface area contributed by atoms with Crippen molar-refractivity contribution in [1.29, 1.82) is 0 Å². The first kappa shape index (κ1) is 14.7. The predicted molar refractivity (Wildman–Crippen MR) is 74.7 cm³/mol. The quantitative estimate of drug-likeness (QED) is 0.847. The standard InChI is InChI=1S/C14H21N3O3/c1-9-8-12(17-13(15-9)14(18)19-3)16-10(2)11-4-6-20-7-5-11/h8,10-11H,4-7H2,1-3H3,(H,15,16,17). The molecule has 6 heteroatoms. The Morgan fingerprint density at radius 1 is 1.45 bits per heavy atom. The highest BCUT2D eigenvalue weighted by atomic mass is 16.5. The molecule has 1 aromatic rings. The van der Waals surface area contributed by atoms with E-state index in [0.717, 1.165) is 31.7 Å². The first-order valence-electron chi connectivity index (χ1n) is 6.88. The number of esters is 1. The minimum Gasteiger partial charge on any atom is -0.463 e. The van der Waals surface area contributed by atoms with Crippen LogP contribution in [0.5, 0.6) is 0 Å². The smallest absolute Gasteiger partial charge is 0.376 e. The number of hydrogen-bond donors (Lipinski definition) is 1. The Balaban J connectivity index is 2.08. The fraction of sp³-hybridized carbons (Fsp3) is 0.643. The van der Waals surface area contributed by atoms with Crippen molar-refractivity contribution in [3.05, 3.63) is 17.6 Å². The summed E-state index contributed by atoms with van der Waals surface area (Å²) in [6.45, 7) is 5.59. The zero-order valence-electron chi connectivity index (χ0n) is 12.2. The van der Waals surface area contributed by atoms with Crippen LogP contribution in [0.2, 0.25) is 0 Å². The van der Waals surface area contributed by atoms with Gasteiger partial charge in [-0.2, -0.15) is 0 Å². The summed E-state index contributed by atoms with van der Waals surface area (Å²) in [7, 11) is 1.33. The Kier molecular flexibility index (Phi) is 4.89. The number of carbonyl (C=O) groups excluding carboxylic acids is 1. The molecule has 6 nitrogen and oxygen atoms in total. The van der Waals surface area contributed by atoms with Gasteiger partial charge in [0.15, 0.2) is 0 Å². The second kappa shape index (κ2) is 6.65. The number of anilines is 1. The van der Waals surface area contributed by atoms with Crippen molar-refractivity contribution in [2.24, 2.45) is 5.92 Å². The molecule has 1 unspecified atom stereocenters. The second-order valence-corrected chi connectivity index (χ2v) is 5.09. The Bertz CT molecular complexity index is 473. The average molecular weight is 279 g/mol. The Morgan fingerprint density at radius 2 is 2.15 bits per heavy atom. The van der Waals surface area contributed by atoms with E-state index in [1.54, 1.807) is 0 Å². The van der Waals surface area contributed by atoms with Gasteiger partial charge in [-0.1, -0.05) is 0 Å². The lowest BCUT2D eigenvalue weighted by Gasteiger charge is -2.28. The van der Waals surface area contributed by atoms with Crippen LogP contribution in [-0.2, 0) is 9.47 Å². The molecular formula is C14H21N3O3. The number of ether oxygens (including phenoxy) is 2. The van der Waals surface area contributed by atoms with Crippen molar-refractivity contribution in [3.63, 3.8) is 0 Å². The van der Waals surface area contributed by atoms with Crippen LogP contribution in [0.3, 0.4) is 0 Å². The molecule has 1 saturated heterocycles. The van der Waals surface area contributed by atoms with E-state index in [-0.39, 0.29) is 11.9 Å². The van der Waals surface area contributed by atoms with Crippen molar-refractivity contribution in [2.75, 3.05) is 25.6 Å². The maximum absolute atomic E-state index is 11.5. The maximum Gasteiger partial charge on any atom is 0.376 e. The fourth-order valence-electron chi connectivity index (χ4n) is 2.39. The summed E-state index contributed by atoms with van der Waals surface area (Å²) >= 11 is 0. The van der Waals surface area contributed by atoms with Gasteiger partial charge >= 0.3 is 5.97 Å². The molecule has 1 aromatic heterocycles. The second-order valence-electron chi connectivity index (χ2n) is 5.09. The molecule has 2 heterocycles. The Labute approximate surface area is 118 Å². The van der Waals surface area contributed by atoms with Gasteiger partial charge in [0.05, 0.1) is 7.11 Å². The minimum atomic E-state index is -0.518. The highest BCUT2D eigenvalue weighted by Crippen LogP contribution is 2.21. The Hall–Kier alpha value is -1.69. The number of nitrogens with one attached hydrogen (secondary N) is 1. The monoisotopic (exact) mass is 279 g/mol. The van der Waals surface area contributed by atoms with Crippen molar-refractivity contribution in [2.45, 2.75) is 32.7 Å². The van der Waals surface area contributed by atoms with E-state index in [0.29, 0.717) is 11.7 Å². The molecule has 0 bridgehead atoms. The summed E-state index contributed by atoms with van der Waals surface area (Å²) < 4.78 is 10.0. The number of rotatable bonds is 4. The van der Waals surface area contributed by atoms with Crippen molar-refractivity contribution >= 4 is 11.8 Å². The van der Waals surface area contributed by atoms with E-state index in [1.807, 2.05) is 13.0 Å².